The molecule has 3 heterocycles. The van der Waals surface area contributed by atoms with Gasteiger partial charge in [-0.05, 0) is 69.4 Å². The van der Waals surface area contributed by atoms with Crippen LogP contribution in [0.25, 0.3) is 10.8 Å². The molecule has 4 N–H and O–H groups in total. The number of aromatic nitrogens is 1. The highest BCUT2D eigenvalue weighted by atomic mass is 32.2. The molecule has 0 spiro atoms. The Bertz CT molecular complexity index is 1970. The largest absolute Gasteiger partial charge is 0.494 e. The lowest BCUT2D eigenvalue weighted by Gasteiger charge is -2.33. The van der Waals surface area contributed by atoms with E-state index in [-0.39, 0.29) is 42.3 Å². The summed E-state index contributed by atoms with van der Waals surface area (Å²) in [5.74, 6) is -3.47. The van der Waals surface area contributed by atoms with Gasteiger partial charge in [0.05, 0.1) is 37.1 Å². The van der Waals surface area contributed by atoms with Crippen molar-refractivity contribution in [3.05, 3.63) is 36.3 Å². The van der Waals surface area contributed by atoms with Gasteiger partial charge in [0.1, 0.15) is 29.5 Å². The minimum atomic E-state index is -4.04. The summed E-state index contributed by atoms with van der Waals surface area (Å²) in [7, 11) is -1.28. The van der Waals surface area contributed by atoms with Gasteiger partial charge in [-0.15, -0.1) is 0 Å². The van der Waals surface area contributed by atoms with Crippen molar-refractivity contribution >= 4 is 44.6 Å². The Balaban J connectivity index is 1.37. The van der Waals surface area contributed by atoms with Crippen molar-refractivity contribution in [3.8, 4) is 17.4 Å². The van der Waals surface area contributed by atoms with Gasteiger partial charge in [0.25, 0.3) is 5.91 Å². The molecule has 0 radical (unpaired) electrons. The van der Waals surface area contributed by atoms with E-state index in [1.54, 1.807) is 6.92 Å². The maximum Gasteiger partial charge on any atom is 0.405 e. The molecule has 1 aromatic heterocycles. The van der Waals surface area contributed by atoms with Crippen LogP contribution in [-0.4, -0.2) is 96.5 Å². The normalized spacial score (nSPS) is 30.1. The Kier molecular flexibility index (Phi) is 10.7. The average molecular weight is 774 g/mol. The summed E-state index contributed by atoms with van der Waals surface area (Å²) >= 11 is 0. The summed E-state index contributed by atoms with van der Waals surface area (Å²) < 4.78 is 59.3. The fourth-order valence-corrected chi connectivity index (χ4v) is 9.02. The minimum Gasteiger partial charge on any atom is -0.494 e. The monoisotopic (exact) mass is 773 g/mol. The van der Waals surface area contributed by atoms with Gasteiger partial charge in [0.15, 0.2) is 11.6 Å². The SMILES string of the molecule is CC[C@@H]1C[C@@H](C)CC/C=C\C2CC2(C(=O)NS(=O)(=O)C2(C)CC2)NC(=O)[C@@H]2C[C@@H](Oc3ncc(OC)c4cc(OC)c(F)cc34)CN2C(=O)[C@H]1NC(=O)O. The summed E-state index contributed by atoms with van der Waals surface area (Å²) in [4.78, 5) is 60.5. The van der Waals surface area contributed by atoms with Crippen molar-refractivity contribution in [1.29, 1.82) is 0 Å². The molecule has 294 valence electrons. The average Bonchev–Trinajstić information content (AvgIpc) is 4.01. The van der Waals surface area contributed by atoms with Crippen LogP contribution in [0.15, 0.2) is 30.5 Å². The van der Waals surface area contributed by atoms with E-state index in [0.717, 1.165) is 0 Å². The van der Waals surface area contributed by atoms with Gasteiger partial charge in [0.2, 0.25) is 27.7 Å². The predicted molar refractivity (Wildman–Crippen MR) is 194 cm³/mol. The van der Waals surface area contributed by atoms with E-state index in [1.807, 2.05) is 26.0 Å². The van der Waals surface area contributed by atoms with Gasteiger partial charge in [-0.1, -0.05) is 32.4 Å². The quantitative estimate of drug-likeness (QED) is 0.271. The number of carbonyl (C=O) groups is 4. The Labute approximate surface area is 313 Å². The molecule has 6 rings (SSSR count). The first-order valence-corrected chi connectivity index (χ1v) is 19.8. The zero-order valence-electron chi connectivity index (χ0n) is 31.0. The molecule has 1 saturated heterocycles. The fourth-order valence-electron chi connectivity index (χ4n) is 7.71. The molecule has 2 aliphatic carbocycles. The van der Waals surface area contributed by atoms with Gasteiger partial charge in [-0.25, -0.2) is 22.6 Å². The Hall–Kier alpha value is -4.67. The van der Waals surface area contributed by atoms with Crippen LogP contribution in [0.5, 0.6) is 17.4 Å². The zero-order chi connectivity index (χ0) is 39.2. The van der Waals surface area contributed by atoms with Gasteiger partial charge in [-0.2, -0.15) is 0 Å². The highest BCUT2D eigenvalue weighted by Gasteiger charge is 2.63. The number of benzene rings is 1. The van der Waals surface area contributed by atoms with E-state index in [2.05, 4.69) is 20.3 Å². The summed E-state index contributed by atoms with van der Waals surface area (Å²) in [6, 6.07) is 0.164. The van der Waals surface area contributed by atoms with E-state index in [1.165, 1.54) is 37.4 Å². The molecule has 1 aromatic carbocycles. The van der Waals surface area contributed by atoms with E-state index in [9.17, 15) is 37.1 Å². The first-order chi connectivity index (χ1) is 25.6. The van der Waals surface area contributed by atoms with Gasteiger partial charge < -0.3 is 34.9 Å². The maximum absolute atomic E-state index is 15.0. The molecule has 2 aliphatic heterocycles. The van der Waals surface area contributed by atoms with Crippen molar-refractivity contribution in [2.24, 2.45) is 17.8 Å². The molecule has 2 saturated carbocycles. The number of sulfonamides is 1. The molecule has 17 heteroatoms. The number of ether oxygens (including phenoxy) is 3. The maximum atomic E-state index is 15.0. The number of pyridine rings is 1. The second-order valence-electron chi connectivity index (χ2n) is 15.2. The number of carbonyl (C=O) groups excluding carboxylic acids is 3. The molecule has 15 nitrogen and oxygen atoms in total. The highest BCUT2D eigenvalue weighted by Crippen LogP contribution is 2.48. The summed E-state index contributed by atoms with van der Waals surface area (Å²) in [5, 5.41) is 15.8. The highest BCUT2D eigenvalue weighted by molar-refractivity contribution is 7.91. The number of fused-ring (bicyclic) bond motifs is 3. The molecule has 4 amide bonds. The topological polar surface area (TPSA) is 203 Å². The fraction of sp³-hybridized carbons (Fsp3) is 0.595. The zero-order valence-corrected chi connectivity index (χ0v) is 31.8. The number of carboxylic acid groups (broad SMARTS) is 1. The Morgan fingerprint density at radius 1 is 1.13 bits per heavy atom. The number of hydrogen-bond donors (Lipinski definition) is 4. The Morgan fingerprint density at radius 3 is 2.50 bits per heavy atom. The van der Waals surface area contributed by atoms with Crippen LogP contribution in [0.1, 0.15) is 72.1 Å². The van der Waals surface area contributed by atoms with Gasteiger partial charge in [-0.3, -0.25) is 19.1 Å². The van der Waals surface area contributed by atoms with Crippen LogP contribution in [0.2, 0.25) is 0 Å². The first kappa shape index (κ1) is 39.0. The van der Waals surface area contributed by atoms with Crippen molar-refractivity contribution in [1.82, 2.24) is 25.2 Å². The van der Waals surface area contributed by atoms with Crippen LogP contribution in [0, 0.1) is 23.6 Å². The lowest BCUT2D eigenvalue weighted by Crippen LogP contribution is -2.59. The molecule has 0 bridgehead atoms. The van der Waals surface area contributed by atoms with Crippen LogP contribution in [0.3, 0.4) is 0 Å². The lowest BCUT2D eigenvalue weighted by atomic mass is 9.85. The molecule has 3 fully saturated rings. The van der Waals surface area contributed by atoms with Gasteiger partial charge in [0, 0.05) is 17.7 Å². The van der Waals surface area contributed by atoms with Crippen LogP contribution in [0.4, 0.5) is 9.18 Å². The van der Waals surface area contributed by atoms with E-state index >= 15 is 0 Å². The number of methoxy groups -OCH3 is 2. The Morgan fingerprint density at radius 2 is 1.85 bits per heavy atom. The molecule has 7 atom stereocenters. The van der Waals surface area contributed by atoms with Crippen molar-refractivity contribution in [2.45, 2.75) is 101 Å². The van der Waals surface area contributed by atoms with E-state index in [4.69, 9.17) is 14.2 Å². The number of nitrogens with zero attached hydrogens (tertiary/aromatic N) is 2. The van der Waals surface area contributed by atoms with Crippen molar-refractivity contribution in [3.63, 3.8) is 0 Å². The first-order valence-electron chi connectivity index (χ1n) is 18.3. The van der Waals surface area contributed by atoms with Crippen LogP contribution in [-0.2, 0) is 24.4 Å². The van der Waals surface area contributed by atoms with Crippen LogP contribution < -0.4 is 29.6 Å². The van der Waals surface area contributed by atoms with Crippen LogP contribution >= 0.6 is 0 Å². The molecular weight excluding hydrogens is 725 g/mol. The van der Waals surface area contributed by atoms with Crippen molar-refractivity contribution in [2.75, 3.05) is 20.8 Å². The van der Waals surface area contributed by atoms with E-state index < -0.39 is 80.0 Å². The van der Waals surface area contributed by atoms with Crippen molar-refractivity contribution < 1.29 is 51.3 Å². The number of hydrogen-bond acceptors (Lipinski definition) is 10. The molecule has 2 aromatic rings. The molecule has 54 heavy (non-hydrogen) atoms. The number of amides is 4. The molecule has 2 unspecified atom stereocenters. The number of nitrogens with one attached hydrogen (secondary N) is 3. The second kappa shape index (κ2) is 14.9. The molecule has 4 aliphatic rings. The lowest BCUT2D eigenvalue weighted by molar-refractivity contribution is -0.142. The standard InChI is InChI=1S/C37H48FN5O10S/c1-6-21-13-20(2)9-7-8-10-22-17-37(22,34(46)42-54(49,50)36(3)11-12-36)41-31(44)27-14-23(19-43(27)33(45)30(21)40-35(47)48)53-32-25-15-26(38)28(51-4)16-24(25)29(52-5)18-39-32/h8,10,15-16,18,20-23,27,30,40H,6-7,9,11-14,17,19H2,1-5H3,(H,41,44)(H,42,46)(H,47,48)/b10-8-/t20-,21+,22?,23+,27-,30-,37?/m0/s1. The second-order valence-corrected chi connectivity index (χ2v) is 17.4. The smallest absolute Gasteiger partial charge is 0.405 e. The third-order valence-corrected chi connectivity index (χ3v) is 13.6. The number of allylic oxidation sites excluding steroid dienone is 1. The summed E-state index contributed by atoms with van der Waals surface area (Å²) in [6.45, 7) is 5.27. The molecular formula is C37H48FN5O10S. The predicted octanol–water partition coefficient (Wildman–Crippen LogP) is 3.65. The third kappa shape index (κ3) is 7.51. The minimum absolute atomic E-state index is 0.00422. The third-order valence-electron chi connectivity index (χ3n) is 11.5. The number of halogens is 1. The number of rotatable bonds is 9. The van der Waals surface area contributed by atoms with Gasteiger partial charge >= 0.3 is 6.09 Å². The van der Waals surface area contributed by atoms with E-state index in [0.29, 0.717) is 49.7 Å². The summed E-state index contributed by atoms with van der Waals surface area (Å²) in [6.07, 6.45) is 6.00. The summed E-state index contributed by atoms with van der Waals surface area (Å²) in [5.41, 5.74) is -1.60.